The molecule has 0 radical (unpaired) electrons. The predicted molar refractivity (Wildman–Crippen MR) is 98.1 cm³/mol. The van der Waals surface area contributed by atoms with Crippen LogP contribution in [0.5, 0.6) is 0 Å². The average molecular weight is 349 g/mol. The Kier molecular flexibility index (Phi) is 5.85. The summed E-state index contributed by atoms with van der Waals surface area (Å²) in [5.41, 5.74) is 1.40. The molecular weight excluding hydrogens is 325 g/mol. The lowest BCUT2D eigenvalue weighted by Crippen LogP contribution is -2.40. The van der Waals surface area contributed by atoms with E-state index in [1.165, 1.54) is 6.07 Å². The van der Waals surface area contributed by atoms with E-state index in [4.69, 9.17) is 0 Å². The fourth-order valence-electron chi connectivity index (χ4n) is 2.10. The molecule has 0 saturated heterocycles. The van der Waals surface area contributed by atoms with Crippen molar-refractivity contribution in [2.75, 3.05) is 11.9 Å². The molecule has 130 valence electrons. The van der Waals surface area contributed by atoms with E-state index in [2.05, 4.69) is 9.71 Å². The zero-order valence-electron chi connectivity index (χ0n) is 14.7. The molecule has 0 spiro atoms. The number of nitrogens with one attached hydrogen (secondary N) is 1. The van der Waals surface area contributed by atoms with Crippen LogP contribution in [0.15, 0.2) is 42.6 Å². The van der Waals surface area contributed by atoms with Crippen LogP contribution in [0.2, 0.25) is 0 Å². The van der Waals surface area contributed by atoms with E-state index < -0.39 is 11.4 Å². The summed E-state index contributed by atoms with van der Waals surface area (Å²) in [5.74, 6) is 0.356. The lowest BCUT2D eigenvalue weighted by Gasteiger charge is -2.26. The third kappa shape index (κ3) is 4.47. The summed E-state index contributed by atoms with van der Waals surface area (Å²) in [6.45, 7) is 7.72. The molecule has 0 aliphatic carbocycles. The lowest BCUT2D eigenvalue weighted by molar-refractivity contribution is 0.531. The van der Waals surface area contributed by atoms with E-state index >= 15 is 0 Å². The Hall–Kier alpha value is -1.63. The standard InChI is InChI=1S/C18H24FN3OS/c1-13(21-24(23)18(2,3)4)14-10-11-17(20-12-14)22(5)16-9-7-6-8-15(16)19/h6-13,21H,1-5H3/t13-,24+/m0/s1. The van der Waals surface area contributed by atoms with Gasteiger partial charge in [0.15, 0.2) is 0 Å². The van der Waals surface area contributed by atoms with Crippen LogP contribution in [0.4, 0.5) is 15.9 Å². The van der Waals surface area contributed by atoms with Crippen molar-refractivity contribution in [3.8, 4) is 0 Å². The first-order valence-electron chi connectivity index (χ1n) is 7.82. The Morgan fingerprint density at radius 3 is 2.42 bits per heavy atom. The first kappa shape index (κ1) is 18.7. The molecule has 0 bridgehead atoms. The summed E-state index contributed by atoms with van der Waals surface area (Å²) < 4.78 is 28.8. The van der Waals surface area contributed by atoms with Crippen LogP contribution >= 0.6 is 0 Å². The van der Waals surface area contributed by atoms with Crippen LogP contribution in [0.3, 0.4) is 0 Å². The molecule has 2 rings (SSSR count). The van der Waals surface area contributed by atoms with Crippen molar-refractivity contribution >= 4 is 22.9 Å². The van der Waals surface area contributed by atoms with Gasteiger partial charge in [0.1, 0.15) is 16.4 Å². The quantitative estimate of drug-likeness (QED) is 0.826. The second-order valence-corrected chi connectivity index (χ2v) is 8.68. The molecule has 2 atom stereocenters. The first-order valence-corrected chi connectivity index (χ1v) is 8.97. The highest BCUT2D eigenvalue weighted by atomic mass is 32.2. The number of aromatic nitrogens is 1. The van der Waals surface area contributed by atoms with E-state index in [-0.39, 0.29) is 16.6 Å². The Morgan fingerprint density at radius 2 is 1.88 bits per heavy atom. The van der Waals surface area contributed by atoms with Gasteiger partial charge in [-0.3, -0.25) is 0 Å². The van der Waals surface area contributed by atoms with Crippen molar-refractivity contribution in [1.29, 1.82) is 0 Å². The Morgan fingerprint density at radius 1 is 1.21 bits per heavy atom. The minimum atomic E-state index is -1.15. The maximum atomic E-state index is 13.9. The van der Waals surface area contributed by atoms with Crippen molar-refractivity contribution in [3.63, 3.8) is 0 Å². The molecule has 6 heteroatoms. The zero-order chi connectivity index (χ0) is 17.9. The highest BCUT2D eigenvalue weighted by Crippen LogP contribution is 2.25. The summed E-state index contributed by atoms with van der Waals surface area (Å²) in [6.07, 6.45) is 1.73. The fraction of sp³-hybridized carbons (Fsp3) is 0.389. The molecule has 4 nitrogen and oxygen atoms in total. The number of benzene rings is 1. The highest BCUT2D eigenvalue weighted by molar-refractivity contribution is 7.90. The topological polar surface area (TPSA) is 51.2 Å². The fourth-order valence-corrected chi connectivity index (χ4v) is 2.92. The van der Waals surface area contributed by atoms with Crippen molar-refractivity contribution < 1.29 is 8.94 Å². The summed E-state index contributed by atoms with van der Waals surface area (Å²) >= 11 is -1.15. The summed E-state index contributed by atoms with van der Waals surface area (Å²) in [4.78, 5) is 6.11. The van der Waals surface area contributed by atoms with Crippen LogP contribution < -0.4 is 9.62 Å². The molecule has 1 aromatic heterocycles. The molecule has 0 aliphatic heterocycles. The molecule has 0 unspecified atom stereocenters. The molecule has 1 N–H and O–H groups in total. The van der Waals surface area contributed by atoms with Gasteiger partial charge in [-0.2, -0.15) is 0 Å². The molecule has 2 aromatic rings. The van der Waals surface area contributed by atoms with Gasteiger partial charge < -0.3 is 9.45 Å². The van der Waals surface area contributed by atoms with Gasteiger partial charge in [0.25, 0.3) is 0 Å². The minimum Gasteiger partial charge on any atom is -0.598 e. The molecule has 1 aromatic carbocycles. The zero-order valence-corrected chi connectivity index (χ0v) is 15.5. The maximum Gasteiger partial charge on any atom is 0.146 e. The monoisotopic (exact) mass is 349 g/mol. The van der Waals surface area contributed by atoms with Crippen LogP contribution in [-0.2, 0) is 11.4 Å². The lowest BCUT2D eigenvalue weighted by atomic mass is 10.1. The summed E-state index contributed by atoms with van der Waals surface area (Å²) in [5, 5.41) is 0. The van der Waals surface area contributed by atoms with Gasteiger partial charge >= 0.3 is 0 Å². The molecule has 1 heterocycles. The number of hydrogen-bond donors (Lipinski definition) is 1. The normalized spacial score (nSPS) is 14.3. The number of halogens is 1. The largest absolute Gasteiger partial charge is 0.598 e. The van der Waals surface area contributed by atoms with Crippen molar-refractivity contribution in [2.24, 2.45) is 0 Å². The van der Waals surface area contributed by atoms with Gasteiger partial charge in [-0.05, 0) is 51.5 Å². The smallest absolute Gasteiger partial charge is 0.146 e. The third-order valence-electron chi connectivity index (χ3n) is 3.67. The first-order chi connectivity index (χ1) is 11.2. The second kappa shape index (κ2) is 7.51. The Bertz CT molecular complexity index is 673. The van der Waals surface area contributed by atoms with Crippen molar-refractivity contribution in [1.82, 2.24) is 9.71 Å². The average Bonchev–Trinajstić information content (AvgIpc) is 2.54. The molecule has 0 amide bonds. The highest BCUT2D eigenvalue weighted by Gasteiger charge is 2.28. The second-order valence-electron chi connectivity index (χ2n) is 6.68. The van der Waals surface area contributed by atoms with Crippen LogP contribution in [-0.4, -0.2) is 21.3 Å². The van der Waals surface area contributed by atoms with Gasteiger partial charge in [-0.1, -0.05) is 18.2 Å². The number of anilines is 2. The van der Waals surface area contributed by atoms with Gasteiger partial charge in [0.2, 0.25) is 0 Å². The van der Waals surface area contributed by atoms with E-state index in [0.29, 0.717) is 11.5 Å². The number of para-hydroxylation sites is 1. The van der Waals surface area contributed by atoms with Gasteiger partial charge in [0.05, 0.1) is 11.7 Å². The number of rotatable bonds is 5. The van der Waals surface area contributed by atoms with Gasteiger partial charge in [-0.15, -0.1) is 4.72 Å². The number of nitrogens with zero attached hydrogens (tertiary/aromatic N) is 2. The molecule has 24 heavy (non-hydrogen) atoms. The number of hydrogen-bond acceptors (Lipinski definition) is 4. The molecular formula is C18H24FN3OS. The van der Waals surface area contributed by atoms with E-state index in [1.54, 1.807) is 36.3 Å². The molecule has 0 fully saturated rings. The SMILES string of the molecule is C[C@H](N[S@+]([O-])C(C)(C)C)c1ccc(N(C)c2ccccc2F)nc1. The predicted octanol–water partition coefficient (Wildman–Crippen LogP) is 4.10. The number of pyridine rings is 1. The van der Waals surface area contributed by atoms with Crippen molar-refractivity contribution in [2.45, 2.75) is 38.5 Å². The van der Waals surface area contributed by atoms with Gasteiger partial charge in [-0.25, -0.2) is 9.37 Å². The summed E-state index contributed by atoms with van der Waals surface area (Å²) in [7, 11) is 1.77. The van der Waals surface area contributed by atoms with Gasteiger partial charge in [0, 0.05) is 24.6 Å². The van der Waals surface area contributed by atoms with Crippen molar-refractivity contribution in [3.05, 3.63) is 54.0 Å². The molecule has 0 saturated carbocycles. The Balaban J connectivity index is 2.12. The van der Waals surface area contributed by atoms with Crippen LogP contribution in [0, 0.1) is 5.82 Å². The maximum absolute atomic E-state index is 13.9. The van der Waals surface area contributed by atoms with Crippen LogP contribution in [0.1, 0.15) is 39.3 Å². The van der Waals surface area contributed by atoms with E-state index in [9.17, 15) is 8.94 Å². The van der Waals surface area contributed by atoms with E-state index in [0.717, 1.165) is 5.56 Å². The molecule has 0 aliphatic rings. The summed E-state index contributed by atoms with van der Waals surface area (Å²) in [6, 6.07) is 10.2. The minimum absolute atomic E-state index is 0.0922. The van der Waals surface area contributed by atoms with Crippen LogP contribution in [0.25, 0.3) is 0 Å². The van der Waals surface area contributed by atoms with E-state index in [1.807, 2.05) is 39.8 Å². The Labute approximate surface area is 146 Å². The third-order valence-corrected chi connectivity index (χ3v) is 5.35.